The minimum absolute atomic E-state index is 0.0145. The second-order valence-electron chi connectivity index (χ2n) is 11.8. The fourth-order valence-electron chi connectivity index (χ4n) is 5.95. The van der Waals surface area contributed by atoms with Crippen LogP contribution in [0.4, 0.5) is 0 Å². The van der Waals surface area contributed by atoms with Gasteiger partial charge in [-0.15, -0.1) is 0 Å². The van der Waals surface area contributed by atoms with Gasteiger partial charge in [-0.05, 0) is 31.0 Å². The topological polar surface area (TPSA) is 241 Å². The standard InChI is InChI=1S/C32H41NO15/c1-15(12-18(16-8-4-3-5-9-16)22-23(35)17-10-6-7-11-19(17)45-30(22)42)33(43-2)48-32-29(41)27(39)25(37)21(47-32)14-44-31-28(40)26(38)24(36)20(13-34)46-31/h3-11,15,18,20-21,24-29,31-32,34-41H,12-14H2,1-2H3/t15?,18?,20-,21-,24+,25-,26+,27+,28-,29-,31?,32?/m1/s1. The Hall–Kier alpha value is -3.07. The van der Waals surface area contributed by atoms with Crippen LogP contribution in [0.1, 0.15) is 30.4 Å². The number of ether oxygens (including phenoxy) is 3. The number of hydroxylamine groups is 2. The molecule has 0 saturated carbocycles. The van der Waals surface area contributed by atoms with E-state index in [1.54, 1.807) is 61.5 Å². The first-order valence-corrected chi connectivity index (χ1v) is 15.4. The molecule has 2 aliphatic heterocycles. The predicted molar refractivity (Wildman–Crippen MR) is 163 cm³/mol. The van der Waals surface area contributed by atoms with Crippen LogP contribution >= 0.6 is 0 Å². The number of hydrogen-bond donors (Lipinski definition) is 8. The van der Waals surface area contributed by atoms with Crippen LogP contribution in [-0.4, -0.2) is 134 Å². The zero-order valence-corrected chi connectivity index (χ0v) is 26.1. The number of aliphatic hydroxyl groups excluding tert-OH is 7. The van der Waals surface area contributed by atoms with Crippen LogP contribution in [-0.2, 0) is 23.9 Å². The molecule has 0 aliphatic carbocycles. The number of hydrogen-bond acceptors (Lipinski definition) is 16. The average molecular weight is 680 g/mol. The van der Waals surface area contributed by atoms with Crippen molar-refractivity contribution < 1.29 is 69.2 Å². The van der Waals surface area contributed by atoms with Gasteiger partial charge in [0.15, 0.2) is 6.29 Å². The van der Waals surface area contributed by atoms with E-state index in [4.69, 9.17) is 28.3 Å². The van der Waals surface area contributed by atoms with Gasteiger partial charge in [-0.2, -0.15) is 0 Å². The molecule has 264 valence electrons. The molecule has 2 aliphatic rings. The van der Waals surface area contributed by atoms with Gasteiger partial charge >= 0.3 is 5.63 Å². The number of fused-ring (bicyclic) bond motifs is 1. The monoisotopic (exact) mass is 679 g/mol. The first kappa shape index (κ1) is 36.2. The lowest BCUT2D eigenvalue weighted by Crippen LogP contribution is -2.62. The first-order chi connectivity index (χ1) is 23.0. The number of para-hydroxylation sites is 1. The van der Waals surface area contributed by atoms with E-state index >= 15 is 0 Å². The van der Waals surface area contributed by atoms with E-state index in [1.165, 1.54) is 7.11 Å². The largest absolute Gasteiger partial charge is 0.507 e. The summed E-state index contributed by atoms with van der Waals surface area (Å²) in [5.41, 5.74) is 0.180. The van der Waals surface area contributed by atoms with Crippen LogP contribution < -0.4 is 5.63 Å². The maximum absolute atomic E-state index is 13.2. The van der Waals surface area contributed by atoms with Crippen molar-refractivity contribution in [2.45, 2.75) is 86.7 Å². The molecule has 12 atom stereocenters. The predicted octanol–water partition coefficient (Wildman–Crippen LogP) is -1.17. The Labute approximate surface area is 274 Å². The molecular formula is C32H41NO15. The third kappa shape index (κ3) is 7.41. The van der Waals surface area contributed by atoms with E-state index in [0.29, 0.717) is 10.9 Å². The molecule has 4 unspecified atom stereocenters. The summed E-state index contributed by atoms with van der Waals surface area (Å²) in [5, 5.41) is 84.3. The number of aliphatic hydroxyl groups is 7. The summed E-state index contributed by atoms with van der Waals surface area (Å²) in [5.74, 6) is -0.967. The third-order valence-electron chi connectivity index (χ3n) is 8.64. The molecule has 0 amide bonds. The number of benzene rings is 2. The van der Waals surface area contributed by atoms with E-state index in [0.717, 1.165) is 5.23 Å². The Balaban J connectivity index is 1.33. The fraction of sp³-hybridized carbons (Fsp3) is 0.531. The lowest BCUT2D eigenvalue weighted by atomic mass is 9.86. The van der Waals surface area contributed by atoms with Gasteiger partial charge in [0.05, 0.1) is 37.3 Å². The van der Waals surface area contributed by atoms with Gasteiger partial charge in [0.25, 0.3) is 0 Å². The van der Waals surface area contributed by atoms with Gasteiger partial charge in [-0.25, -0.2) is 9.63 Å². The van der Waals surface area contributed by atoms with Gasteiger partial charge in [-0.1, -0.05) is 47.7 Å². The van der Waals surface area contributed by atoms with Crippen molar-refractivity contribution in [2.24, 2.45) is 0 Å². The Kier molecular flexibility index (Phi) is 11.8. The van der Waals surface area contributed by atoms with Crippen molar-refractivity contribution in [1.82, 2.24) is 5.23 Å². The van der Waals surface area contributed by atoms with Gasteiger partial charge in [0.2, 0.25) is 6.29 Å². The molecule has 0 bridgehead atoms. The molecule has 16 nitrogen and oxygen atoms in total. The zero-order valence-electron chi connectivity index (χ0n) is 26.1. The lowest BCUT2D eigenvalue weighted by Gasteiger charge is -2.43. The molecule has 0 spiro atoms. The van der Waals surface area contributed by atoms with Crippen molar-refractivity contribution in [3.05, 3.63) is 76.1 Å². The summed E-state index contributed by atoms with van der Waals surface area (Å²) in [7, 11) is 1.27. The Morgan fingerprint density at radius 1 is 0.812 bits per heavy atom. The molecule has 2 aromatic carbocycles. The molecule has 2 saturated heterocycles. The SMILES string of the molecule is CON(OC1O[C@H](COC2O[C@H](CO)[C@H](O)[C@H](O)[C@H]2O)[C@@H](O)[C@H](O)[C@H]1O)C(C)CC(c1ccccc1)c1c(O)c2ccccc2oc1=O. The third-order valence-corrected chi connectivity index (χ3v) is 8.64. The molecule has 3 heterocycles. The first-order valence-electron chi connectivity index (χ1n) is 15.4. The maximum atomic E-state index is 13.2. The van der Waals surface area contributed by atoms with Gasteiger partial charge in [0.1, 0.15) is 60.2 Å². The molecule has 2 fully saturated rings. The number of nitrogens with zero attached hydrogens (tertiary/aromatic N) is 1. The number of rotatable bonds is 12. The van der Waals surface area contributed by atoms with E-state index in [1.807, 2.05) is 0 Å². The van der Waals surface area contributed by atoms with Crippen LogP contribution in [0.5, 0.6) is 5.75 Å². The summed E-state index contributed by atoms with van der Waals surface area (Å²) < 4.78 is 22.0. The van der Waals surface area contributed by atoms with E-state index in [9.17, 15) is 45.6 Å². The molecule has 3 aromatic rings. The van der Waals surface area contributed by atoms with Gasteiger partial charge in [0, 0.05) is 5.92 Å². The normalized spacial score (nSPS) is 32.4. The van der Waals surface area contributed by atoms with E-state index in [2.05, 4.69) is 0 Å². The smallest absolute Gasteiger partial charge is 0.343 e. The van der Waals surface area contributed by atoms with E-state index < -0.39 is 92.2 Å². The molecule has 1 aromatic heterocycles. The maximum Gasteiger partial charge on any atom is 0.343 e. The van der Waals surface area contributed by atoms with Crippen molar-refractivity contribution in [3.8, 4) is 5.75 Å². The highest BCUT2D eigenvalue weighted by Gasteiger charge is 2.48. The average Bonchev–Trinajstić information content (AvgIpc) is 3.09. The second kappa shape index (κ2) is 15.6. The summed E-state index contributed by atoms with van der Waals surface area (Å²) >= 11 is 0. The summed E-state index contributed by atoms with van der Waals surface area (Å²) in [6, 6.07) is 14.8. The highest BCUT2D eigenvalue weighted by Crippen LogP contribution is 2.38. The van der Waals surface area contributed by atoms with Crippen molar-refractivity contribution in [3.63, 3.8) is 0 Å². The molecule has 16 heteroatoms. The Bertz CT molecular complexity index is 1540. The fourth-order valence-corrected chi connectivity index (χ4v) is 5.95. The minimum Gasteiger partial charge on any atom is -0.507 e. The lowest BCUT2D eigenvalue weighted by molar-refractivity contribution is -0.455. The van der Waals surface area contributed by atoms with Crippen molar-refractivity contribution >= 4 is 11.0 Å². The van der Waals surface area contributed by atoms with Crippen molar-refractivity contribution in [1.29, 1.82) is 0 Å². The van der Waals surface area contributed by atoms with Crippen LogP contribution in [0.15, 0.2) is 63.8 Å². The van der Waals surface area contributed by atoms with Crippen LogP contribution in [0.2, 0.25) is 0 Å². The highest BCUT2D eigenvalue weighted by atomic mass is 17.0. The quantitative estimate of drug-likeness (QED) is 0.0831. The Morgan fingerprint density at radius 2 is 1.42 bits per heavy atom. The summed E-state index contributed by atoms with van der Waals surface area (Å²) in [6.45, 7) is 0.443. The van der Waals surface area contributed by atoms with Crippen LogP contribution in [0.3, 0.4) is 0 Å². The zero-order chi connectivity index (χ0) is 34.7. The molecule has 5 rings (SSSR count). The molecule has 48 heavy (non-hydrogen) atoms. The second-order valence-corrected chi connectivity index (χ2v) is 11.8. The van der Waals surface area contributed by atoms with Crippen molar-refractivity contribution in [2.75, 3.05) is 20.3 Å². The van der Waals surface area contributed by atoms with E-state index in [-0.39, 0.29) is 23.3 Å². The minimum atomic E-state index is -1.79. The van der Waals surface area contributed by atoms with Gasteiger partial charge in [-0.3, -0.25) is 4.84 Å². The van der Waals surface area contributed by atoms with Gasteiger partial charge < -0.3 is 59.5 Å². The summed E-state index contributed by atoms with van der Waals surface area (Å²) in [6.07, 6.45) is -16.0. The Morgan fingerprint density at radius 3 is 2.08 bits per heavy atom. The van der Waals surface area contributed by atoms with Crippen LogP contribution in [0, 0.1) is 0 Å². The molecule has 0 radical (unpaired) electrons. The summed E-state index contributed by atoms with van der Waals surface area (Å²) in [4.78, 5) is 24.5. The molecular weight excluding hydrogens is 638 g/mol. The van der Waals surface area contributed by atoms with Crippen LogP contribution in [0.25, 0.3) is 11.0 Å². The highest BCUT2D eigenvalue weighted by molar-refractivity contribution is 5.84. The molecule has 8 N–H and O–H groups in total. The number of aromatic hydroxyl groups is 1.